The molecule has 0 saturated carbocycles. The maximum absolute atomic E-state index is 13.2. The predicted molar refractivity (Wildman–Crippen MR) is 148 cm³/mol. The predicted octanol–water partition coefficient (Wildman–Crippen LogP) is 4.03. The Morgan fingerprint density at radius 1 is 0.974 bits per heavy atom. The Balaban J connectivity index is 1.74. The fourth-order valence-corrected chi connectivity index (χ4v) is 4.19. The molecule has 9 heteroatoms. The molecule has 1 aliphatic rings. The highest BCUT2D eigenvalue weighted by Crippen LogP contribution is 2.39. The summed E-state index contributed by atoms with van der Waals surface area (Å²) < 4.78 is 5.08. The number of rotatable bonds is 8. The van der Waals surface area contributed by atoms with Crippen molar-refractivity contribution < 1.29 is 24.2 Å². The lowest BCUT2D eigenvalue weighted by Gasteiger charge is -2.21. The summed E-state index contributed by atoms with van der Waals surface area (Å²) in [6.07, 6.45) is 0. The molecule has 1 aliphatic heterocycles. The van der Waals surface area contributed by atoms with Crippen molar-refractivity contribution in [1.29, 1.82) is 0 Å². The summed E-state index contributed by atoms with van der Waals surface area (Å²) in [5.74, 6) is -1.05. The van der Waals surface area contributed by atoms with Crippen LogP contribution in [0.5, 0.6) is 5.75 Å². The van der Waals surface area contributed by atoms with Crippen LogP contribution in [0.25, 0.3) is 11.3 Å². The molecular weight excluding hydrogens is 484 g/mol. The van der Waals surface area contributed by atoms with Gasteiger partial charge >= 0.3 is 5.97 Å². The van der Waals surface area contributed by atoms with E-state index in [4.69, 9.17) is 4.74 Å². The largest absolute Gasteiger partial charge is 0.506 e. The van der Waals surface area contributed by atoms with Gasteiger partial charge in [0, 0.05) is 24.4 Å². The minimum atomic E-state index is -0.465. The molecule has 1 heterocycles. The zero-order chi connectivity index (χ0) is 27.4. The SMILES string of the molecule is CCOC(=O)c1ccc2c(c1)NC(=O)/C2=C(\Nc1ccc(N(C)C(=O)CN(C)C)c(O)c1)c1ccccc1. The highest BCUT2D eigenvalue weighted by atomic mass is 16.5. The number of esters is 1. The van der Waals surface area contributed by atoms with Crippen molar-refractivity contribution in [2.24, 2.45) is 0 Å². The Kier molecular flexibility index (Phi) is 7.78. The van der Waals surface area contributed by atoms with E-state index in [2.05, 4.69) is 10.6 Å². The third kappa shape index (κ3) is 5.52. The van der Waals surface area contributed by atoms with Crippen molar-refractivity contribution in [2.75, 3.05) is 49.8 Å². The average molecular weight is 515 g/mol. The van der Waals surface area contributed by atoms with Crippen molar-refractivity contribution in [3.05, 3.63) is 83.4 Å². The van der Waals surface area contributed by atoms with Crippen LogP contribution >= 0.6 is 0 Å². The molecule has 3 N–H and O–H groups in total. The molecule has 196 valence electrons. The van der Waals surface area contributed by atoms with Crippen molar-refractivity contribution >= 4 is 46.1 Å². The quantitative estimate of drug-likeness (QED) is 0.308. The molecule has 0 spiro atoms. The lowest BCUT2D eigenvalue weighted by Crippen LogP contribution is -2.35. The highest BCUT2D eigenvalue weighted by molar-refractivity contribution is 6.37. The van der Waals surface area contributed by atoms with E-state index < -0.39 is 5.97 Å². The maximum Gasteiger partial charge on any atom is 0.338 e. The first-order chi connectivity index (χ1) is 18.2. The van der Waals surface area contributed by atoms with Crippen molar-refractivity contribution in [1.82, 2.24) is 4.90 Å². The first-order valence-electron chi connectivity index (χ1n) is 12.1. The second-order valence-electron chi connectivity index (χ2n) is 9.07. The van der Waals surface area contributed by atoms with Crippen LogP contribution in [-0.4, -0.2) is 62.1 Å². The number of phenols is 1. The summed E-state index contributed by atoms with van der Waals surface area (Å²) in [5, 5.41) is 16.9. The van der Waals surface area contributed by atoms with Crippen LogP contribution in [0, 0.1) is 0 Å². The third-order valence-corrected chi connectivity index (χ3v) is 6.02. The topological polar surface area (TPSA) is 111 Å². The summed E-state index contributed by atoms with van der Waals surface area (Å²) in [7, 11) is 5.20. The number of hydrogen-bond donors (Lipinski definition) is 3. The number of carbonyl (C=O) groups excluding carboxylic acids is 3. The number of aromatic hydroxyl groups is 1. The highest BCUT2D eigenvalue weighted by Gasteiger charge is 2.29. The second-order valence-corrected chi connectivity index (χ2v) is 9.07. The Morgan fingerprint density at radius 3 is 2.37 bits per heavy atom. The van der Waals surface area contributed by atoms with Crippen molar-refractivity contribution in [2.45, 2.75) is 6.92 Å². The molecule has 0 bridgehead atoms. The van der Waals surface area contributed by atoms with Crippen LogP contribution in [0.15, 0.2) is 66.7 Å². The smallest absolute Gasteiger partial charge is 0.338 e. The van der Waals surface area contributed by atoms with Crippen LogP contribution < -0.4 is 15.5 Å². The van der Waals surface area contributed by atoms with Gasteiger partial charge in [-0.25, -0.2) is 4.79 Å². The standard InChI is InChI=1S/C29H30N4O5/c1-5-38-29(37)19-11-13-21-22(15-19)31-28(36)26(21)27(18-9-7-6-8-10-18)30-20-12-14-23(24(34)16-20)33(4)25(35)17-32(2)3/h6-16,30,34H,5,17H2,1-4H3,(H,31,36)/b27-26-. The van der Waals surface area contributed by atoms with Crippen LogP contribution in [0.4, 0.5) is 17.1 Å². The van der Waals surface area contributed by atoms with Crippen molar-refractivity contribution in [3.8, 4) is 5.75 Å². The van der Waals surface area contributed by atoms with Crippen molar-refractivity contribution in [3.63, 3.8) is 0 Å². The lowest BCUT2D eigenvalue weighted by atomic mass is 9.99. The van der Waals surface area contributed by atoms with Crippen LogP contribution in [-0.2, 0) is 14.3 Å². The van der Waals surface area contributed by atoms with E-state index in [1.165, 1.54) is 11.0 Å². The van der Waals surface area contributed by atoms with Gasteiger partial charge < -0.3 is 30.3 Å². The average Bonchev–Trinajstić information content (AvgIpc) is 3.21. The van der Waals surface area contributed by atoms with E-state index in [0.29, 0.717) is 39.5 Å². The van der Waals surface area contributed by atoms with Crippen LogP contribution in [0.2, 0.25) is 0 Å². The van der Waals surface area contributed by atoms with Gasteiger partial charge in [0.05, 0.1) is 41.4 Å². The molecule has 0 radical (unpaired) electrons. The van der Waals surface area contributed by atoms with Gasteiger partial charge in [-0.05, 0) is 50.8 Å². The van der Waals surface area contributed by atoms with E-state index in [1.807, 2.05) is 30.3 Å². The fraction of sp³-hybridized carbons (Fsp3) is 0.207. The minimum Gasteiger partial charge on any atom is -0.506 e. The molecule has 0 atom stereocenters. The molecule has 38 heavy (non-hydrogen) atoms. The number of fused-ring (bicyclic) bond motifs is 1. The van der Waals surface area contributed by atoms with Gasteiger partial charge in [0.2, 0.25) is 5.91 Å². The normalized spacial score (nSPS) is 13.6. The molecule has 9 nitrogen and oxygen atoms in total. The molecule has 0 saturated heterocycles. The molecule has 0 unspecified atom stereocenters. The van der Waals surface area contributed by atoms with Gasteiger partial charge in [0.25, 0.3) is 5.91 Å². The van der Waals surface area contributed by atoms with E-state index in [9.17, 15) is 19.5 Å². The number of hydrogen-bond acceptors (Lipinski definition) is 7. The molecule has 4 rings (SSSR count). The zero-order valence-corrected chi connectivity index (χ0v) is 21.7. The van der Waals surface area contributed by atoms with Gasteiger partial charge in [-0.3, -0.25) is 9.59 Å². The first kappa shape index (κ1) is 26.4. The number of anilines is 3. The van der Waals surface area contributed by atoms with E-state index in [1.54, 1.807) is 63.3 Å². The number of ether oxygens (including phenoxy) is 1. The van der Waals surface area contributed by atoms with Gasteiger partial charge in [0.15, 0.2) is 0 Å². The number of phenolic OH excluding ortho intramolecular Hbond substituents is 1. The van der Waals surface area contributed by atoms with Crippen LogP contribution in [0.3, 0.4) is 0 Å². The number of benzene rings is 3. The van der Waals surface area contributed by atoms with E-state index in [-0.39, 0.29) is 30.7 Å². The minimum absolute atomic E-state index is 0.0858. The Morgan fingerprint density at radius 2 is 1.71 bits per heavy atom. The number of likely N-dealkylation sites (N-methyl/N-ethyl adjacent to an activating group) is 2. The van der Waals surface area contributed by atoms with Crippen LogP contribution in [0.1, 0.15) is 28.4 Å². The molecule has 0 aliphatic carbocycles. The molecule has 0 fully saturated rings. The summed E-state index contributed by atoms with van der Waals surface area (Å²) in [4.78, 5) is 41.0. The summed E-state index contributed by atoms with van der Waals surface area (Å²) in [5.41, 5.74) is 4.03. The van der Waals surface area contributed by atoms with Gasteiger partial charge in [-0.1, -0.05) is 36.4 Å². The maximum atomic E-state index is 13.2. The second kappa shape index (κ2) is 11.2. The Hall–Kier alpha value is -4.63. The summed E-state index contributed by atoms with van der Waals surface area (Å²) in [6, 6.07) is 19.2. The Bertz CT molecular complexity index is 1420. The van der Waals surface area contributed by atoms with Gasteiger partial charge in [-0.15, -0.1) is 0 Å². The number of amides is 2. The number of carbonyl (C=O) groups is 3. The zero-order valence-electron chi connectivity index (χ0n) is 21.7. The first-order valence-corrected chi connectivity index (χ1v) is 12.1. The number of nitrogens with one attached hydrogen (secondary N) is 2. The summed E-state index contributed by atoms with van der Waals surface area (Å²) in [6.45, 7) is 2.18. The van der Waals surface area contributed by atoms with Gasteiger partial charge in [-0.2, -0.15) is 0 Å². The Labute approximate surface area is 221 Å². The van der Waals surface area contributed by atoms with E-state index in [0.717, 1.165) is 5.56 Å². The summed E-state index contributed by atoms with van der Waals surface area (Å²) >= 11 is 0. The number of nitrogens with zero attached hydrogens (tertiary/aromatic N) is 2. The van der Waals surface area contributed by atoms with Gasteiger partial charge in [0.1, 0.15) is 5.75 Å². The molecule has 3 aromatic rings. The monoisotopic (exact) mass is 514 g/mol. The molecule has 3 aromatic carbocycles. The lowest BCUT2D eigenvalue weighted by molar-refractivity contribution is -0.119. The molecular formula is C29H30N4O5. The molecule has 2 amide bonds. The fourth-order valence-electron chi connectivity index (χ4n) is 4.19. The van der Waals surface area contributed by atoms with E-state index >= 15 is 0 Å². The third-order valence-electron chi connectivity index (χ3n) is 6.02. The molecule has 0 aromatic heterocycles.